The van der Waals surface area contributed by atoms with Crippen LogP contribution in [0.5, 0.6) is 0 Å². The minimum absolute atomic E-state index is 0.322. The van der Waals surface area contributed by atoms with E-state index in [9.17, 15) is 0 Å². The van der Waals surface area contributed by atoms with Crippen LogP contribution in [-0.2, 0) is 6.54 Å². The van der Waals surface area contributed by atoms with Gasteiger partial charge < -0.3 is 5.32 Å². The third-order valence-corrected chi connectivity index (χ3v) is 2.48. The maximum atomic E-state index is 4.31. The molecule has 86 valence electrons. The quantitative estimate of drug-likeness (QED) is 0.855. The average Bonchev–Trinajstić information content (AvgIpc) is 2.60. The summed E-state index contributed by atoms with van der Waals surface area (Å²) in [6.07, 6.45) is 3.91. The van der Waals surface area contributed by atoms with Crippen LogP contribution in [0.15, 0.2) is 30.6 Å². The highest BCUT2D eigenvalue weighted by Gasteiger charge is 2.09. The molecule has 0 radical (unpaired) electrons. The number of nitrogens with zero attached hydrogens (tertiary/aromatic N) is 2. The van der Waals surface area contributed by atoms with E-state index in [-0.39, 0.29) is 0 Å². The Labute approximate surface area is 96.5 Å². The summed E-state index contributed by atoms with van der Waals surface area (Å²) in [6.45, 7) is 8.59. The SMILES string of the molecule is CC(C)(C)CNCc1cnn2ccccc12. The normalized spacial score (nSPS) is 12.2. The van der Waals surface area contributed by atoms with E-state index in [2.05, 4.69) is 37.3 Å². The van der Waals surface area contributed by atoms with Gasteiger partial charge in [-0.3, -0.25) is 0 Å². The fourth-order valence-electron chi connectivity index (χ4n) is 1.70. The molecule has 3 nitrogen and oxygen atoms in total. The minimum Gasteiger partial charge on any atom is -0.312 e. The summed E-state index contributed by atoms with van der Waals surface area (Å²) in [5.74, 6) is 0. The summed E-state index contributed by atoms with van der Waals surface area (Å²) < 4.78 is 1.91. The fraction of sp³-hybridized carbons (Fsp3) is 0.462. The summed E-state index contributed by atoms with van der Waals surface area (Å²) in [6, 6.07) is 6.14. The lowest BCUT2D eigenvalue weighted by Crippen LogP contribution is -2.26. The predicted octanol–water partition coefficient (Wildman–Crippen LogP) is 2.47. The molecule has 0 amide bonds. The number of aromatic nitrogens is 2. The summed E-state index contributed by atoms with van der Waals surface area (Å²) in [5.41, 5.74) is 2.76. The lowest BCUT2D eigenvalue weighted by atomic mass is 9.97. The number of hydrogen-bond acceptors (Lipinski definition) is 2. The standard InChI is InChI=1S/C13H19N3/c1-13(2,3)10-14-8-11-9-15-16-7-5-4-6-12(11)16/h4-7,9,14H,8,10H2,1-3H3. The Morgan fingerprint density at radius 1 is 1.31 bits per heavy atom. The Bertz CT molecular complexity index is 465. The Hall–Kier alpha value is -1.35. The second kappa shape index (κ2) is 4.26. The second-order valence-corrected chi connectivity index (χ2v) is 5.36. The van der Waals surface area contributed by atoms with Crippen LogP contribution in [0.4, 0.5) is 0 Å². The van der Waals surface area contributed by atoms with Crippen LogP contribution in [0.2, 0.25) is 0 Å². The van der Waals surface area contributed by atoms with Gasteiger partial charge in [-0.1, -0.05) is 26.8 Å². The van der Waals surface area contributed by atoms with Crippen LogP contribution < -0.4 is 5.32 Å². The predicted molar refractivity (Wildman–Crippen MR) is 66.4 cm³/mol. The van der Waals surface area contributed by atoms with Crippen molar-refractivity contribution in [3.63, 3.8) is 0 Å². The van der Waals surface area contributed by atoms with Gasteiger partial charge in [0.05, 0.1) is 11.7 Å². The fourth-order valence-corrected chi connectivity index (χ4v) is 1.70. The second-order valence-electron chi connectivity index (χ2n) is 5.36. The summed E-state index contributed by atoms with van der Waals surface area (Å²) in [4.78, 5) is 0. The van der Waals surface area contributed by atoms with Crippen LogP contribution in [0.3, 0.4) is 0 Å². The van der Waals surface area contributed by atoms with Crippen molar-refractivity contribution < 1.29 is 0 Å². The highest BCUT2D eigenvalue weighted by molar-refractivity contribution is 5.53. The van der Waals surface area contributed by atoms with Gasteiger partial charge >= 0.3 is 0 Å². The zero-order valence-corrected chi connectivity index (χ0v) is 10.2. The van der Waals surface area contributed by atoms with Crippen molar-refractivity contribution in [1.82, 2.24) is 14.9 Å². The molecule has 2 aromatic rings. The van der Waals surface area contributed by atoms with Gasteiger partial charge in [-0.15, -0.1) is 0 Å². The van der Waals surface area contributed by atoms with E-state index in [0.29, 0.717) is 5.41 Å². The summed E-state index contributed by atoms with van der Waals surface area (Å²) in [7, 11) is 0. The van der Waals surface area contributed by atoms with Crippen LogP contribution in [0.1, 0.15) is 26.3 Å². The summed E-state index contributed by atoms with van der Waals surface area (Å²) >= 11 is 0. The van der Waals surface area contributed by atoms with Crippen molar-refractivity contribution in [3.8, 4) is 0 Å². The Morgan fingerprint density at radius 3 is 2.88 bits per heavy atom. The molecule has 0 saturated heterocycles. The molecule has 0 unspecified atom stereocenters. The molecule has 0 aromatic carbocycles. The Kier molecular flexibility index (Phi) is 2.97. The number of pyridine rings is 1. The van der Waals surface area contributed by atoms with Crippen molar-refractivity contribution in [3.05, 3.63) is 36.2 Å². The Balaban J connectivity index is 2.05. The average molecular weight is 217 g/mol. The molecule has 2 heterocycles. The molecule has 2 rings (SSSR count). The maximum Gasteiger partial charge on any atom is 0.0706 e. The van der Waals surface area contributed by atoms with Crippen LogP contribution >= 0.6 is 0 Å². The van der Waals surface area contributed by atoms with E-state index >= 15 is 0 Å². The first-order valence-electron chi connectivity index (χ1n) is 5.68. The topological polar surface area (TPSA) is 29.3 Å². The van der Waals surface area contributed by atoms with Crippen molar-refractivity contribution >= 4 is 5.52 Å². The van der Waals surface area contributed by atoms with Gasteiger partial charge in [0, 0.05) is 24.8 Å². The highest BCUT2D eigenvalue weighted by atomic mass is 15.2. The van der Waals surface area contributed by atoms with Crippen LogP contribution in [0, 0.1) is 5.41 Å². The van der Waals surface area contributed by atoms with E-state index in [1.807, 2.05) is 29.0 Å². The van der Waals surface area contributed by atoms with Gasteiger partial charge in [0.25, 0.3) is 0 Å². The van der Waals surface area contributed by atoms with Gasteiger partial charge in [-0.2, -0.15) is 5.10 Å². The molecule has 0 saturated carbocycles. The number of nitrogens with one attached hydrogen (secondary N) is 1. The first-order valence-corrected chi connectivity index (χ1v) is 5.68. The molecule has 0 bridgehead atoms. The molecule has 1 N–H and O–H groups in total. The van der Waals surface area contributed by atoms with Gasteiger partial charge in [0.15, 0.2) is 0 Å². The third kappa shape index (κ3) is 2.61. The third-order valence-electron chi connectivity index (χ3n) is 2.48. The van der Waals surface area contributed by atoms with E-state index in [1.165, 1.54) is 11.1 Å². The van der Waals surface area contributed by atoms with E-state index < -0.39 is 0 Å². The molecule has 16 heavy (non-hydrogen) atoms. The van der Waals surface area contributed by atoms with E-state index in [4.69, 9.17) is 0 Å². The molecule has 0 fully saturated rings. The van der Waals surface area contributed by atoms with Crippen molar-refractivity contribution in [2.45, 2.75) is 27.3 Å². The van der Waals surface area contributed by atoms with E-state index in [0.717, 1.165) is 13.1 Å². The monoisotopic (exact) mass is 217 g/mol. The molecular formula is C13H19N3. The van der Waals surface area contributed by atoms with Gasteiger partial charge in [0.1, 0.15) is 0 Å². The zero-order valence-electron chi connectivity index (χ0n) is 10.2. The smallest absolute Gasteiger partial charge is 0.0706 e. The minimum atomic E-state index is 0.322. The van der Waals surface area contributed by atoms with Crippen molar-refractivity contribution in [1.29, 1.82) is 0 Å². The maximum absolute atomic E-state index is 4.31. The molecule has 2 aromatic heterocycles. The van der Waals surface area contributed by atoms with Crippen LogP contribution in [-0.4, -0.2) is 16.2 Å². The largest absolute Gasteiger partial charge is 0.312 e. The molecule has 0 spiro atoms. The molecule has 3 heteroatoms. The van der Waals surface area contributed by atoms with Crippen molar-refractivity contribution in [2.75, 3.05) is 6.54 Å². The molecular weight excluding hydrogens is 198 g/mol. The Morgan fingerprint density at radius 2 is 2.12 bits per heavy atom. The van der Waals surface area contributed by atoms with Gasteiger partial charge in [-0.05, 0) is 17.5 Å². The molecule has 0 atom stereocenters. The lowest BCUT2D eigenvalue weighted by molar-refractivity contribution is 0.379. The number of rotatable bonds is 3. The van der Waals surface area contributed by atoms with Gasteiger partial charge in [-0.25, -0.2) is 4.52 Å². The number of hydrogen-bond donors (Lipinski definition) is 1. The van der Waals surface area contributed by atoms with Crippen molar-refractivity contribution in [2.24, 2.45) is 5.41 Å². The lowest BCUT2D eigenvalue weighted by Gasteiger charge is -2.18. The molecule has 0 aliphatic rings. The molecule has 0 aliphatic carbocycles. The first kappa shape index (κ1) is 11.1. The zero-order chi connectivity index (χ0) is 11.6. The first-order chi connectivity index (χ1) is 7.56. The van der Waals surface area contributed by atoms with E-state index in [1.54, 1.807) is 0 Å². The molecule has 0 aliphatic heterocycles. The highest BCUT2D eigenvalue weighted by Crippen LogP contribution is 2.12. The number of fused-ring (bicyclic) bond motifs is 1. The van der Waals surface area contributed by atoms with Gasteiger partial charge in [0.2, 0.25) is 0 Å². The summed E-state index contributed by atoms with van der Waals surface area (Å²) in [5, 5.41) is 7.78. The van der Waals surface area contributed by atoms with Crippen LogP contribution in [0.25, 0.3) is 5.52 Å².